The fourth-order valence-corrected chi connectivity index (χ4v) is 2.80. The molecule has 0 saturated heterocycles. The van der Waals surface area contributed by atoms with Crippen molar-refractivity contribution in [3.63, 3.8) is 0 Å². The minimum Gasteiger partial charge on any atom is -0.449 e. The molecule has 0 bridgehead atoms. The SMILES string of the molecule is NS(=O)(=O)c1ccc(-c2c(-c3ccccc3)noc2OC(=O)O)cc1. The molecular weight excluding hydrogens is 348 g/mol. The molecule has 0 atom stereocenters. The lowest BCUT2D eigenvalue weighted by atomic mass is 10.0. The predicted molar refractivity (Wildman–Crippen MR) is 87.4 cm³/mol. The maximum Gasteiger partial charge on any atom is 0.513 e. The molecule has 0 amide bonds. The first-order valence-electron chi connectivity index (χ1n) is 6.95. The minimum atomic E-state index is -3.84. The first kappa shape index (κ1) is 16.7. The van der Waals surface area contributed by atoms with E-state index in [9.17, 15) is 13.2 Å². The highest BCUT2D eigenvalue weighted by Gasteiger charge is 2.23. The van der Waals surface area contributed by atoms with Gasteiger partial charge in [0.15, 0.2) is 0 Å². The van der Waals surface area contributed by atoms with Crippen LogP contribution >= 0.6 is 0 Å². The van der Waals surface area contributed by atoms with E-state index in [0.29, 0.717) is 16.8 Å². The molecule has 1 aromatic heterocycles. The topological polar surface area (TPSA) is 133 Å². The molecule has 1 heterocycles. The smallest absolute Gasteiger partial charge is 0.449 e. The molecule has 0 saturated carbocycles. The van der Waals surface area contributed by atoms with E-state index in [0.717, 1.165) is 0 Å². The number of nitrogens with zero attached hydrogens (tertiary/aromatic N) is 1. The quantitative estimate of drug-likeness (QED) is 0.683. The standard InChI is InChI=1S/C16H12N2O6S/c17-25(21,22)12-8-6-10(7-9-12)13-14(11-4-2-1-3-5-11)18-24-15(13)23-16(19)20/h1-9H,(H,19,20)(H2,17,21,22). The highest BCUT2D eigenvalue weighted by atomic mass is 32.2. The Morgan fingerprint density at radius 3 is 2.24 bits per heavy atom. The van der Waals surface area contributed by atoms with E-state index in [2.05, 4.69) is 9.89 Å². The number of rotatable bonds is 4. The van der Waals surface area contributed by atoms with Gasteiger partial charge in [-0.25, -0.2) is 18.4 Å². The Morgan fingerprint density at radius 2 is 1.68 bits per heavy atom. The van der Waals surface area contributed by atoms with Crippen molar-refractivity contribution in [3.8, 4) is 28.3 Å². The summed E-state index contributed by atoms with van der Waals surface area (Å²) in [6.45, 7) is 0. The zero-order valence-corrected chi connectivity index (χ0v) is 13.4. The van der Waals surface area contributed by atoms with E-state index in [4.69, 9.17) is 14.8 Å². The zero-order chi connectivity index (χ0) is 18.0. The number of carboxylic acid groups (broad SMARTS) is 1. The van der Waals surface area contributed by atoms with E-state index in [1.807, 2.05) is 6.07 Å². The second kappa shape index (κ2) is 6.38. The van der Waals surface area contributed by atoms with Gasteiger partial charge < -0.3 is 14.4 Å². The van der Waals surface area contributed by atoms with E-state index in [-0.39, 0.29) is 16.4 Å². The van der Waals surface area contributed by atoms with Crippen LogP contribution in [0.1, 0.15) is 0 Å². The van der Waals surface area contributed by atoms with E-state index < -0.39 is 16.2 Å². The molecule has 0 radical (unpaired) electrons. The first-order chi connectivity index (χ1) is 11.9. The molecule has 3 N–H and O–H groups in total. The number of primary sulfonamides is 1. The lowest BCUT2D eigenvalue weighted by Crippen LogP contribution is -2.11. The molecule has 3 rings (SSSR count). The summed E-state index contributed by atoms with van der Waals surface area (Å²) >= 11 is 0. The van der Waals surface area contributed by atoms with Gasteiger partial charge in [0.05, 0.1) is 10.5 Å². The summed E-state index contributed by atoms with van der Waals surface area (Å²) in [4.78, 5) is 10.8. The summed E-state index contributed by atoms with van der Waals surface area (Å²) in [5.41, 5.74) is 1.79. The second-order valence-electron chi connectivity index (χ2n) is 5.00. The largest absolute Gasteiger partial charge is 0.513 e. The van der Waals surface area contributed by atoms with Crippen LogP contribution in [0.15, 0.2) is 64.0 Å². The Labute approximate surface area is 142 Å². The lowest BCUT2D eigenvalue weighted by Gasteiger charge is -2.05. The Hall–Kier alpha value is -3.17. The number of sulfonamides is 1. The molecule has 0 fully saturated rings. The first-order valence-corrected chi connectivity index (χ1v) is 8.50. The van der Waals surface area contributed by atoms with Crippen LogP contribution in [-0.2, 0) is 10.0 Å². The van der Waals surface area contributed by atoms with Crippen molar-refractivity contribution in [1.29, 1.82) is 0 Å². The van der Waals surface area contributed by atoms with Crippen LogP contribution < -0.4 is 9.88 Å². The number of aromatic nitrogens is 1. The van der Waals surface area contributed by atoms with Gasteiger partial charge in [-0.1, -0.05) is 47.6 Å². The number of benzene rings is 2. The molecule has 0 aliphatic carbocycles. The molecule has 0 aliphatic rings. The number of hydrogen-bond donors (Lipinski definition) is 2. The van der Waals surface area contributed by atoms with Crippen molar-refractivity contribution in [2.45, 2.75) is 4.90 Å². The predicted octanol–water partition coefficient (Wildman–Crippen LogP) is 2.71. The van der Waals surface area contributed by atoms with Gasteiger partial charge in [0.2, 0.25) is 10.0 Å². The molecule has 0 aliphatic heterocycles. The second-order valence-corrected chi connectivity index (χ2v) is 6.56. The van der Waals surface area contributed by atoms with Crippen molar-refractivity contribution in [2.24, 2.45) is 5.14 Å². The fourth-order valence-electron chi connectivity index (χ4n) is 2.28. The van der Waals surface area contributed by atoms with Gasteiger partial charge in [-0.3, -0.25) is 0 Å². The van der Waals surface area contributed by atoms with Crippen LogP contribution in [0.4, 0.5) is 4.79 Å². The lowest BCUT2D eigenvalue weighted by molar-refractivity contribution is 0.128. The molecule has 8 nitrogen and oxygen atoms in total. The van der Waals surface area contributed by atoms with Crippen LogP contribution in [0.3, 0.4) is 0 Å². The summed E-state index contributed by atoms with van der Waals surface area (Å²) < 4.78 is 32.4. The van der Waals surface area contributed by atoms with Crippen LogP contribution in [0, 0.1) is 0 Å². The normalized spacial score (nSPS) is 11.2. The molecule has 0 unspecified atom stereocenters. The summed E-state index contributed by atoms with van der Waals surface area (Å²) in [5, 5.41) is 17.8. The van der Waals surface area contributed by atoms with E-state index in [1.54, 1.807) is 24.3 Å². The van der Waals surface area contributed by atoms with Crippen molar-refractivity contribution >= 4 is 16.2 Å². The highest BCUT2D eigenvalue weighted by Crippen LogP contribution is 2.39. The van der Waals surface area contributed by atoms with Crippen LogP contribution in [0.25, 0.3) is 22.4 Å². The third kappa shape index (κ3) is 3.52. The van der Waals surface area contributed by atoms with Gasteiger partial charge >= 0.3 is 12.1 Å². The maximum atomic E-state index is 11.4. The van der Waals surface area contributed by atoms with Crippen LogP contribution in [0.2, 0.25) is 0 Å². The van der Waals surface area contributed by atoms with Crippen molar-refractivity contribution in [3.05, 3.63) is 54.6 Å². The van der Waals surface area contributed by atoms with Crippen LogP contribution in [0.5, 0.6) is 5.95 Å². The van der Waals surface area contributed by atoms with E-state index >= 15 is 0 Å². The van der Waals surface area contributed by atoms with E-state index in [1.165, 1.54) is 24.3 Å². The molecule has 128 valence electrons. The molecule has 3 aromatic rings. The van der Waals surface area contributed by atoms with Gasteiger partial charge in [-0.2, -0.15) is 0 Å². The van der Waals surface area contributed by atoms with Crippen molar-refractivity contribution in [2.75, 3.05) is 0 Å². The summed E-state index contributed by atoms with van der Waals surface area (Å²) in [5.74, 6) is -0.310. The Morgan fingerprint density at radius 1 is 1.04 bits per heavy atom. The number of carbonyl (C=O) groups is 1. The minimum absolute atomic E-state index is 0.0744. The Balaban J connectivity index is 2.15. The van der Waals surface area contributed by atoms with Gasteiger partial charge in [-0.05, 0) is 17.7 Å². The average Bonchev–Trinajstić information content (AvgIpc) is 2.98. The van der Waals surface area contributed by atoms with Gasteiger partial charge in [0.1, 0.15) is 5.69 Å². The molecule has 0 spiro atoms. The number of hydrogen-bond acceptors (Lipinski definition) is 6. The van der Waals surface area contributed by atoms with Crippen LogP contribution in [-0.4, -0.2) is 24.8 Å². The molecule has 9 heteroatoms. The third-order valence-corrected chi connectivity index (χ3v) is 4.29. The zero-order valence-electron chi connectivity index (χ0n) is 12.6. The number of nitrogens with two attached hydrogens (primary N) is 1. The monoisotopic (exact) mass is 360 g/mol. The molecule has 2 aromatic carbocycles. The van der Waals surface area contributed by atoms with Gasteiger partial charge in [-0.15, -0.1) is 0 Å². The average molecular weight is 360 g/mol. The fraction of sp³-hybridized carbons (Fsp3) is 0. The summed E-state index contributed by atoms with van der Waals surface area (Å²) in [7, 11) is -3.84. The molecular formula is C16H12N2O6S. The summed E-state index contributed by atoms with van der Waals surface area (Å²) in [6, 6.07) is 14.5. The maximum absolute atomic E-state index is 11.4. The van der Waals surface area contributed by atoms with Crippen molar-refractivity contribution in [1.82, 2.24) is 5.16 Å². The van der Waals surface area contributed by atoms with Gasteiger partial charge in [0, 0.05) is 5.56 Å². The van der Waals surface area contributed by atoms with Gasteiger partial charge in [0.25, 0.3) is 0 Å². The highest BCUT2D eigenvalue weighted by molar-refractivity contribution is 7.89. The third-order valence-electron chi connectivity index (χ3n) is 3.36. The summed E-state index contributed by atoms with van der Waals surface area (Å²) in [6.07, 6.45) is -1.56. The molecule has 25 heavy (non-hydrogen) atoms. The Kier molecular flexibility index (Phi) is 4.26. The number of ether oxygens (including phenoxy) is 1. The Bertz CT molecular complexity index is 1010. The van der Waals surface area contributed by atoms with Crippen molar-refractivity contribution < 1.29 is 27.6 Å².